The number of rotatable bonds is 3. The van der Waals surface area contributed by atoms with Crippen LogP contribution in [0.1, 0.15) is 22.4 Å². The first-order valence-electron chi connectivity index (χ1n) is 8.75. The van der Waals surface area contributed by atoms with Crippen LogP contribution in [-0.4, -0.2) is 9.97 Å². The van der Waals surface area contributed by atoms with Gasteiger partial charge in [0, 0.05) is 5.56 Å². The first-order chi connectivity index (χ1) is 13.2. The van der Waals surface area contributed by atoms with Gasteiger partial charge in [0.1, 0.15) is 15.4 Å². The molecule has 0 N–H and O–H groups in total. The van der Waals surface area contributed by atoms with Crippen molar-refractivity contribution in [1.29, 1.82) is 5.26 Å². The third-order valence-corrected chi connectivity index (χ3v) is 6.04. The molecule has 0 unspecified atom stereocenters. The Hall–Kier alpha value is -3.29. The number of thiazole rings is 1. The fourth-order valence-electron chi connectivity index (χ4n) is 3.40. The first kappa shape index (κ1) is 15.9. The highest BCUT2D eigenvalue weighted by Crippen LogP contribution is 2.44. The summed E-state index contributed by atoms with van der Waals surface area (Å²) in [7, 11) is 0. The monoisotopic (exact) mass is 365 g/mol. The Bertz CT molecular complexity index is 1240. The van der Waals surface area contributed by atoms with Crippen molar-refractivity contribution >= 4 is 21.7 Å². The fourth-order valence-corrected chi connectivity index (χ4v) is 4.34. The van der Waals surface area contributed by atoms with Crippen molar-refractivity contribution in [3.05, 3.63) is 95.2 Å². The lowest BCUT2D eigenvalue weighted by atomic mass is 9.89. The molecule has 0 saturated heterocycles. The Labute approximate surface area is 161 Å². The van der Waals surface area contributed by atoms with Crippen LogP contribution in [0.15, 0.2) is 72.8 Å². The first-order valence-corrected chi connectivity index (χ1v) is 9.56. The molecule has 2 aromatic carbocycles. The molecule has 0 aliphatic heterocycles. The standard InChI is InChI=1S/C23H15N3S/c1-15-13-16(7-8-17(15)14-24)21-25-19-9-10-20(26-22(19)27-21)23(11-12-23)18-5-3-2-4-6-18/h2-13H,1H3. The van der Waals surface area contributed by atoms with Crippen molar-refractivity contribution in [2.75, 3.05) is 0 Å². The number of aromatic nitrogens is 2. The molecule has 4 aromatic rings. The number of nitrogens with zero attached hydrogens (tertiary/aromatic N) is 3. The van der Waals surface area contributed by atoms with Crippen LogP contribution < -0.4 is 0 Å². The summed E-state index contributed by atoms with van der Waals surface area (Å²) in [5, 5.41) is 10.1. The SMILES string of the molecule is Cc1cc(-c2nc3ccc(C4(c5ccccc5)C=C4)nc3s2)ccc1C#N. The molecule has 4 heteroatoms. The third kappa shape index (κ3) is 2.56. The molecule has 0 saturated carbocycles. The van der Waals surface area contributed by atoms with E-state index in [0.29, 0.717) is 5.56 Å². The summed E-state index contributed by atoms with van der Waals surface area (Å²) in [5.41, 5.74) is 5.70. The minimum Gasteiger partial charge on any atom is -0.239 e. The summed E-state index contributed by atoms with van der Waals surface area (Å²) in [6.45, 7) is 1.95. The highest BCUT2D eigenvalue weighted by Gasteiger charge is 2.39. The normalized spacial score (nSPS) is 14.2. The molecule has 1 aliphatic carbocycles. The van der Waals surface area contributed by atoms with E-state index in [4.69, 9.17) is 15.2 Å². The number of allylic oxidation sites excluding steroid dienone is 2. The van der Waals surface area contributed by atoms with E-state index in [9.17, 15) is 0 Å². The van der Waals surface area contributed by atoms with Crippen LogP contribution in [0.25, 0.3) is 20.9 Å². The van der Waals surface area contributed by atoms with Crippen molar-refractivity contribution in [1.82, 2.24) is 9.97 Å². The molecule has 1 aliphatic rings. The molecule has 2 heterocycles. The largest absolute Gasteiger partial charge is 0.239 e. The van der Waals surface area contributed by atoms with E-state index in [2.05, 4.69) is 54.6 Å². The lowest BCUT2D eigenvalue weighted by molar-refractivity contribution is 0.887. The van der Waals surface area contributed by atoms with E-state index in [1.807, 2.05) is 31.2 Å². The van der Waals surface area contributed by atoms with E-state index in [1.54, 1.807) is 11.3 Å². The number of aryl methyl sites for hydroxylation is 1. The minimum absolute atomic E-state index is 0.176. The molecule has 0 atom stereocenters. The predicted octanol–water partition coefficient (Wildman–Crippen LogP) is 5.39. The molecule has 5 rings (SSSR count). The van der Waals surface area contributed by atoms with Crippen LogP contribution in [0.4, 0.5) is 0 Å². The average Bonchev–Trinajstić information content (AvgIpc) is 3.41. The number of fused-ring (bicyclic) bond motifs is 1. The van der Waals surface area contributed by atoms with Gasteiger partial charge in [0.15, 0.2) is 0 Å². The number of benzene rings is 2. The van der Waals surface area contributed by atoms with Crippen molar-refractivity contribution in [2.45, 2.75) is 12.3 Å². The van der Waals surface area contributed by atoms with Gasteiger partial charge in [0.2, 0.25) is 0 Å². The van der Waals surface area contributed by atoms with Gasteiger partial charge < -0.3 is 0 Å². The maximum atomic E-state index is 9.12. The summed E-state index contributed by atoms with van der Waals surface area (Å²) in [5.74, 6) is 0. The summed E-state index contributed by atoms with van der Waals surface area (Å²) in [6, 6.07) is 22.6. The average molecular weight is 365 g/mol. The highest BCUT2D eigenvalue weighted by molar-refractivity contribution is 7.21. The molecule has 0 fully saturated rings. The van der Waals surface area contributed by atoms with Gasteiger partial charge in [0.05, 0.1) is 22.7 Å². The number of nitriles is 1. The van der Waals surface area contributed by atoms with Crippen LogP contribution >= 0.6 is 11.3 Å². The van der Waals surface area contributed by atoms with Crippen LogP contribution in [0.3, 0.4) is 0 Å². The van der Waals surface area contributed by atoms with Crippen LogP contribution in [-0.2, 0) is 5.41 Å². The number of hydrogen-bond acceptors (Lipinski definition) is 4. The van der Waals surface area contributed by atoms with Crippen molar-refractivity contribution in [3.63, 3.8) is 0 Å². The van der Waals surface area contributed by atoms with Crippen LogP contribution in [0.5, 0.6) is 0 Å². The fraction of sp³-hybridized carbons (Fsp3) is 0.0870. The quantitative estimate of drug-likeness (QED) is 0.457. The number of hydrogen-bond donors (Lipinski definition) is 0. The zero-order valence-electron chi connectivity index (χ0n) is 14.7. The lowest BCUT2D eigenvalue weighted by Gasteiger charge is -2.15. The third-order valence-electron chi connectivity index (χ3n) is 5.02. The van der Waals surface area contributed by atoms with Gasteiger partial charge in [0.25, 0.3) is 0 Å². The zero-order valence-corrected chi connectivity index (χ0v) is 15.5. The summed E-state index contributed by atoms with van der Waals surface area (Å²) >= 11 is 1.59. The van der Waals surface area contributed by atoms with Gasteiger partial charge >= 0.3 is 0 Å². The predicted molar refractivity (Wildman–Crippen MR) is 109 cm³/mol. The van der Waals surface area contributed by atoms with Gasteiger partial charge in [-0.25, -0.2) is 9.97 Å². The molecule has 27 heavy (non-hydrogen) atoms. The summed E-state index contributed by atoms with van der Waals surface area (Å²) in [6.07, 6.45) is 4.39. The Morgan fingerprint density at radius 3 is 2.48 bits per heavy atom. The molecule has 2 aromatic heterocycles. The molecule has 0 spiro atoms. The highest BCUT2D eigenvalue weighted by atomic mass is 32.1. The van der Waals surface area contributed by atoms with E-state index in [0.717, 1.165) is 32.2 Å². The smallest absolute Gasteiger partial charge is 0.144 e. The second kappa shape index (κ2) is 5.87. The van der Waals surface area contributed by atoms with Gasteiger partial charge in [-0.05, 0) is 42.3 Å². The Balaban J connectivity index is 1.57. The van der Waals surface area contributed by atoms with E-state index >= 15 is 0 Å². The second-order valence-corrected chi connectivity index (χ2v) is 7.73. The number of pyridine rings is 1. The zero-order chi connectivity index (χ0) is 18.4. The topological polar surface area (TPSA) is 49.6 Å². The Morgan fingerprint density at radius 1 is 0.963 bits per heavy atom. The molecule has 0 bridgehead atoms. The van der Waals surface area contributed by atoms with Crippen LogP contribution in [0.2, 0.25) is 0 Å². The molecular formula is C23H15N3S. The van der Waals surface area contributed by atoms with E-state index in [-0.39, 0.29) is 5.41 Å². The maximum absolute atomic E-state index is 9.12. The molecule has 0 amide bonds. The van der Waals surface area contributed by atoms with Crippen molar-refractivity contribution in [2.24, 2.45) is 0 Å². The van der Waals surface area contributed by atoms with Crippen LogP contribution in [0, 0.1) is 18.3 Å². The van der Waals surface area contributed by atoms with Gasteiger partial charge in [-0.3, -0.25) is 0 Å². The Morgan fingerprint density at radius 2 is 1.78 bits per heavy atom. The van der Waals surface area contributed by atoms with Gasteiger partial charge in [-0.2, -0.15) is 5.26 Å². The Kier molecular flexibility index (Phi) is 3.46. The van der Waals surface area contributed by atoms with Crippen molar-refractivity contribution in [3.8, 4) is 16.6 Å². The molecular weight excluding hydrogens is 350 g/mol. The minimum atomic E-state index is -0.176. The lowest BCUT2D eigenvalue weighted by Crippen LogP contribution is -2.12. The summed E-state index contributed by atoms with van der Waals surface area (Å²) < 4.78 is 0. The van der Waals surface area contributed by atoms with Gasteiger partial charge in [-0.1, -0.05) is 59.9 Å². The summed E-state index contributed by atoms with van der Waals surface area (Å²) in [4.78, 5) is 10.6. The maximum Gasteiger partial charge on any atom is 0.144 e. The molecule has 128 valence electrons. The second-order valence-electron chi connectivity index (χ2n) is 6.75. The van der Waals surface area contributed by atoms with E-state index in [1.165, 1.54) is 5.56 Å². The molecule has 3 nitrogen and oxygen atoms in total. The van der Waals surface area contributed by atoms with Gasteiger partial charge in [-0.15, -0.1) is 0 Å². The molecule has 0 radical (unpaired) electrons. The van der Waals surface area contributed by atoms with E-state index < -0.39 is 0 Å². The van der Waals surface area contributed by atoms with Crippen molar-refractivity contribution < 1.29 is 0 Å².